The van der Waals surface area contributed by atoms with Gasteiger partial charge in [-0.05, 0) is 55.9 Å². The van der Waals surface area contributed by atoms with Crippen LogP contribution in [0.15, 0.2) is 30.5 Å². The summed E-state index contributed by atoms with van der Waals surface area (Å²) >= 11 is 0. The second kappa shape index (κ2) is 6.44. The maximum atomic E-state index is 11.0. The number of carbonyl (C=O) groups is 1. The van der Waals surface area contributed by atoms with E-state index in [1.807, 2.05) is 12.3 Å². The molecule has 1 fully saturated rings. The van der Waals surface area contributed by atoms with E-state index in [0.29, 0.717) is 6.04 Å². The Morgan fingerprint density at radius 3 is 2.82 bits per heavy atom. The maximum absolute atomic E-state index is 11.0. The number of fused-ring (bicyclic) bond motifs is 1. The second-order valence-electron chi connectivity index (χ2n) is 6.26. The highest BCUT2D eigenvalue weighted by molar-refractivity contribution is 5.82. The number of nitrogens with one attached hydrogen (secondary N) is 1. The molecule has 0 unspecified atom stereocenters. The monoisotopic (exact) mass is 298 g/mol. The first-order valence-electron chi connectivity index (χ1n) is 7.94. The molecule has 0 radical (unpaired) electrons. The fourth-order valence-corrected chi connectivity index (χ4v) is 3.36. The highest BCUT2D eigenvalue weighted by Gasteiger charge is 2.25. The summed E-state index contributed by atoms with van der Waals surface area (Å²) in [6, 6.07) is 8.86. The molecule has 0 bridgehead atoms. The summed E-state index contributed by atoms with van der Waals surface area (Å²) in [5, 5.41) is 13.8. The fraction of sp³-hybridized carbons (Fsp3) is 0.444. The van der Waals surface area contributed by atoms with Crippen LogP contribution in [0.1, 0.15) is 36.8 Å². The molecule has 0 aliphatic heterocycles. The highest BCUT2D eigenvalue weighted by atomic mass is 16.4. The number of pyridine rings is 1. The molecule has 0 spiro atoms. The quantitative estimate of drug-likeness (QED) is 0.909. The molecule has 0 atom stereocenters. The number of rotatable bonds is 4. The smallest absolute Gasteiger partial charge is 0.306 e. The van der Waals surface area contributed by atoms with Gasteiger partial charge in [-0.2, -0.15) is 0 Å². The lowest BCUT2D eigenvalue weighted by atomic mass is 9.86. The summed E-state index contributed by atoms with van der Waals surface area (Å²) < 4.78 is 0. The molecule has 1 heterocycles. The molecule has 4 nitrogen and oxygen atoms in total. The average Bonchev–Trinajstić information content (AvgIpc) is 2.53. The van der Waals surface area contributed by atoms with Crippen LogP contribution in [0.4, 0.5) is 0 Å². The van der Waals surface area contributed by atoms with Crippen molar-refractivity contribution in [1.82, 2.24) is 10.3 Å². The minimum Gasteiger partial charge on any atom is -0.481 e. The molecule has 2 aromatic rings. The van der Waals surface area contributed by atoms with E-state index in [2.05, 4.69) is 35.4 Å². The number of hydrogen-bond acceptors (Lipinski definition) is 3. The van der Waals surface area contributed by atoms with Gasteiger partial charge < -0.3 is 10.4 Å². The van der Waals surface area contributed by atoms with Crippen LogP contribution in [0.2, 0.25) is 0 Å². The molecule has 4 heteroatoms. The third kappa shape index (κ3) is 3.28. The second-order valence-corrected chi connectivity index (χ2v) is 6.26. The number of benzene rings is 1. The number of aliphatic carboxylic acids is 1. The maximum Gasteiger partial charge on any atom is 0.306 e. The van der Waals surface area contributed by atoms with Crippen molar-refractivity contribution in [3.63, 3.8) is 0 Å². The average molecular weight is 298 g/mol. The van der Waals surface area contributed by atoms with E-state index in [4.69, 9.17) is 5.11 Å². The van der Waals surface area contributed by atoms with E-state index >= 15 is 0 Å². The Bertz CT molecular complexity index is 676. The van der Waals surface area contributed by atoms with Gasteiger partial charge in [-0.3, -0.25) is 9.78 Å². The molecule has 116 valence electrons. The van der Waals surface area contributed by atoms with Crippen LogP contribution in [0.5, 0.6) is 0 Å². The molecule has 1 aliphatic carbocycles. The predicted molar refractivity (Wildman–Crippen MR) is 86.7 cm³/mol. The highest BCUT2D eigenvalue weighted by Crippen LogP contribution is 2.25. The fourth-order valence-electron chi connectivity index (χ4n) is 3.36. The lowest BCUT2D eigenvalue weighted by Gasteiger charge is -2.27. The van der Waals surface area contributed by atoms with Crippen LogP contribution >= 0.6 is 0 Å². The number of aromatic nitrogens is 1. The minimum absolute atomic E-state index is 0.146. The minimum atomic E-state index is -0.642. The molecule has 0 amide bonds. The van der Waals surface area contributed by atoms with Crippen molar-refractivity contribution < 1.29 is 9.90 Å². The van der Waals surface area contributed by atoms with Gasteiger partial charge in [-0.25, -0.2) is 0 Å². The van der Waals surface area contributed by atoms with Crippen molar-refractivity contribution in [2.24, 2.45) is 5.92 Å². The standard InChI is InChI=1S/C18H22N2O2/c1-12-9-13(10-15-3-2-8-19-17(12)15)11-20-16-6-4-14(5-7-16)18(21)22/h2-3,8-10,14,16,20H,4-7,11H2,1H3,(H,21,22). The molecule has 1 aliphatic rings. The van der Waals surface area contributed by atoms with Crippen molar-refractivity contribution in [1.29, 1.82) is 0 Å². The zero-order chi connectivity index (χ0) is 15.5. The number of hydrogen-bond donors (Lipinski definition) is 2. The van der Waals surface area contributed by atoms with E-state index in [-0.39, 0.29) is 5.92 Å². The molecule has 1 aromatic heterocycles. The molecule has 2 N–H and O–H groups in total. The lowest BCUT2D eigenvalue weighted by Crippen LogP contribution is -2.34. The number of carboxylic acids is 1. The lowest BCUT2D eigenvalue weighted by molar-refractivity contribution is -0.142. The van der Waals surface area contributed by atoms with Crippen LogP contribution in [-0.2, 0) is 11.3 Å². The van der Waals surface area contributed by atoms with Crippen LogP contribution in [0.25, 0.3) is 10.9 Å². The Kier molecular flexibility index (Phi) is 4.39. The van der Waals surface area contributed by atoms with E-state index in [9.17, 15) is 4.79 Å². The van der Waals surface area contributed by atoms with Gasteiger partial charge >= 0.3 is 5.97 Å². The molecule has 1 saturated carbocycles. The van der Waals surface area contributed by atoms with E-state index < -0.39 is 5.97 Å². The third-order valence-corrected chi connectivity index (χ3v) is 4.63. The summed E-state index contributed by atoms with van der Waals surface area (Å²) in [5.74, 6) is -0.789. The Balaban J connectivity index is 1.61. The van der Waals surface area contributed by atoms with E-state index in [0.717, 1.165) is 37.7 Å². The Labute approximate surface area is 130 Å². The zero-order valence-electron chi connectivity index (χ0n) is 12.9. The molecular formula is C18H22N2O2. The van der Waals surface area contributed by atoms with Crippen molar-refractivity contribution in [2.45, 2.75) is 45.2 Å². The summed E-state index contributed by atoms with van der Waals surface area (Å²) in [7, 11) is 0. The first-order valence-corrected chi connectivity index (χ1v) is 7.94. The molecule has 3 rings (SSSR count). The third-order valence-electron chi connectivity index (χ3n) is 4.63. The summed E-state index contributed by atoms with van der Waals surface area (Å²) in [6.45, 7) is 2.92. The summed E-state index contributed by atoms with van der Waals surface area (Å²) in [4.78, 5) is 15.4. The van der Waals surface area contributed by atoms with Crippen molar-refractivity contribution in [3.05, 3.63) is 41.6 Å². The number of nitrogens with zero attached hydrogens (tertiary/aromatic N) is 1. The van der Waals surface area contributed by atoms with Crippen LogP contribution < -0.4 is 5.32 Å². The summed E-state index contributed by atoms with van der Waals surface area (Å²) in [5.41, 5.74) is 3.52. The number of aryl methyl sites for hydroxylation is 1. The van der Waals surface area contributed by atoms with Gasteiger partial charge in [-0.15, -0.1) is 0 Å². The van der Waals surface area contributed by atoms with Gasteiger partial charge in [0, 0.05) is 24.2 Å². The number of carboxylic acid groups (broad SMARTS) is 1. The first kappa shape index (κ1) is 15.0. The van der Waals surface area contributed by atoms with Crippen molar-refractivity contribution in [2.75, 3.05) is 0 Å². The molecule has 1 aromatic carbocycles. The Morgan fingerprint density at radius 1 is 1.32 bits per heavy atom. The van der Waals surface area contributed by atoms with Gasteiger partial charge in [0.2, 0.25) is 0 Å². The van der Waals surface area contributed by atoms with Crippen LogP contribution in [0.3, 0.4) is 0 Å². The van der Waals surface area contributed by atoms with Crippen LogP contribution in [-0.4, -0.2) is 22.1 Å². The van der Waals surface area contributed by atoms with E-state index in [1.165, 1.54) is 16.5 Å². The first-order chi connectivity index (χ1) is 10.6. The normalized spacial score (nSPS) is 21.9. The van der Waals surface area contributed by atoms with Gasteiger partial charge in [-0.1, -0.05) is 12.1 Å². The zero-order valence-corrected chi connectivity index (χ0v) is 12.9. The largest absolute Gasteiger partial charge is 0.481 e. The van der Waals surface area contributed by atoms with Gasteiger partial charge in [0.05, 0.1) is 11.4 Å². The molecule has 0 saturated heterocycles. The summed E-state index contributed by atoms with van der Waals surface area (Å²) in [6.07, 6.45) is 5.30. The van der Waals surface area contributed by atoms with Gasteiger partial charge in [0.15, 0.2) is 0 Å². The van der Waals surface area contributed by atoms with Gasteiger partial charge in [0.1, 0.15) is 0 Å². The topological polar surface area (TPSA) is 62.2 Å². The molecular weight excluding hydrogens is 276 g/mol. The van der Waals surface area contributed by atoms with E-state index in [1.54, 1.807) is 0 Å². The SMILES string of the molecule is Cc1cc(CNC2CCC(C(=O)O)CC2)cc2cccnc12. The van der Waals surface area contributed by atoms with Crippen molar-refractivity contribution >= 4 is 16.9 Å². The van der Waals surface area contributed by atoms with Crippen molar-refractivity contribution in [3.8, 4) is 0 Å². The Morgan fingerprint density at radius 2 is 2.09 bits per heavy atom. The molecule has 22 heavy (non-hydrogen) atoms. The van der Waals surface area contributed by atoms with Gasteiger partial charge in [0.25, 0.3) is 0 Å². The predicted octanol–water partition coefficient (Wildman–Crippen LogP) is 3.28. The van der Waals surface area contributed by atoms with Crippen LogP contribution in [0, 0.1) is 12.8 Å². The Hall–Kier alpha value is -1.94.